The van der Waals surface area contributed by atoms with Gasteiger partial charge < -0.3 is 28.4 Å². The first-order valence-electron chi connectivity index (χ1n) is 40.8. The van der Waals surface area contributed by atoms with Crippen molar-refractivity contribution in [1.29, 1.82) is 0 Å². The zero-order chi connectivity index (χ0) is 79.0. The molecular weight excluding hydrogens is 1370 g/mol. The molecule has 0 unspecified atom stereocenters. The van der Waals surface area contributed by atoms with Gasteiger partial charge in [0.2, 0.25) is 0 Å². The highest BCUT2D eigenvalue weighted by molar-refractivity contribution is 7.00. The fraction of sp³-hybridized carbons (Fsp3) is 0.264. The lowest BCUT2D eigenvalue weighted by Crippen LogP contribution is -2.62. The molecule has 13 aromatic carbocycles. The second-order valence-electron chi connectivity index (χ2n) is 39.8. The molecule has 0 bridgehead atoms. The van der Waals surface area contributed by atoms with E-state index in [9.17, 15) is 0 Å². The molecule has 0 saturated carbocycles. The van der Waals surface area contributed by atoms with Crippen LogP contribution in [0.2, 0.25) is 0 Å². The lowest BCUT2D eigenvalue weighted by atomic mass is 9.33. The zero-order valence-corrected chi connectivity index (χ0v) is 69.8. The highest BCUT2D eigenvalue weighted by Crippen LogP contribution is 2.61. The molecule has 0 N–H and O–H groups in total. The van der Waals surface area contributed by atoms with Crippen molar-refractivity contribution in [2.24, 2.45) is 0 Å². The maximum atomic E-state index is 7.75. The van der Waals surface area contributed by atoms with Crippen LogP contribution in [-0.4, -0.2) is 15.8 Å². The Balaban J connectivity index is 1.06. The molecule has 2 aromatic heterocycles. The first kappa shape index (κ1) is 72.0. The van der Waals surface area contributed by atoms with E-state index in [-0.39, 0.29) is 44.6 Å². The van der Waals surface area contributed by atoms with Gasteiger partial charge in [0.05, 0.1) is 56.2 Å². The quantitative estimate of drug-likeness (QED) is 0.162. The van der Waals surface area contributed by atoms with Gasteiger partial charge in [-0.25, -0.2) is 0 Å². The van der Waals surface area contributed by atoms with E-state index in [1.54, 1.807) is 0 Å². The van der Waals surface area contributed by atoms with E-state index in [1.165, 1.54) is 76.9 Å². The third-order valence-corrected chi connectivity index (χ3v) is 24.9. The van der Waals surface area contributed by atoms with Gasteiger partial charge in [-0.05, 0) is 190 Å². The van der Waals surface area contributed by atoms with Crippen molar-refractivity contribution < 1.29 is 9.47 Å². The summed E-state index contributed by atoms with van der Waals surface area (Å²) in [7, 11) is 0. The van der Waals surface area contributed by atoms with E-state index >= 15 is 0 Å². The molecule has 113 heavy (non-hydrogen) atoms. The number of aromatic nitrogens is 2. The number of rotatable bonds is 2. The molecule has 15 aromatic rings. The third kappa shape index (κ3) is 11.2. The monoisotopic (exact) mass is 1470 g/mol. The van der Waals surface area contributed by atoms with Crippen LogP contribution in [-0.2, 0) is 37.9 Å². The van der Waals surface area contributed by atoms with Gasteiger partial charge >= 0.3 is 0 Å². The van der Waals surface area contributed by atoms with Crippen molar-refractivity contribution in [1.82, 2.24) is 9.13 Å². The Labute approximate surface area is 668 Å². The maximum absolute atomic E-state index is 7.75. The fourth-order valence-corrected chi connectivity index (χ4v) is 18.9. The van der Waals surface area contributed by atoms with Crippen LogP contribution in [0.15, 0.2) is 243 Å². The average molecular weight is 1480 g/mol. The Kier molecular flexibility index (Phi) is 15.7. The molecule has 0 saturated heterocycles. The molecule has 4 aliphatic rings. The van der Waals surface area contributed by atoms with Crippen molar-refractivity contribution in [3.8, 4) is 78.9 Å². The molecule has 0 fully saturated rings. The Morgan fingerprint density at radius 3 is 0.841 bits per heavy atom. The van der Waals surface area contributed by atoms with Gasteiger partial charge in [0.25, 0.3) is 6.71 Å². The minimum Gasteiger partial charge on any atom is -0.456 e. The lowest BCUT2D eigenvalue weighted by Gasteiger charge is -2.49. The number of nitrogens with zero attached hydrogens (tertiary/aromatic N) is 4. The summed E-state index contributed by atoms with van der Waals surface area (Å²) in [4.78, 5) is 5.59. The van der Waals surface area contributed by atoms with Crippen LogP contribution in [0.3, 0.4) is 0 Å². The third-order valence-electron chi connectivity index (χ3n) is 24.9. The van der Waals surface area contributed by atoms with Crippen molar-refractivity contribution in [2.75, 3.05) is 9.80 Å². The normalized spacial score (nSPS) is 14.0. The van der Waals surface area contributed by atoms with Crippen LogP contribution in [0.5, 0.6) is 23.0 Å². The fourth-order valence-electron chi connectivity index (χ4n) is 18.9. The maximum Gasteiger partial charge on any atom is 0.252 e. The van der Waals surface area contributed by atoms with Gasteiger partial charge in [0, 0.05) is 77.4 Å². The molecular formula is C106H103BN4O2. The Hall–Kier alpha value is -11.3. The SMILES string of the molecule is CC(C)(C)c1cc2c3c(c1)N1c4c(cccc4C(C)(C)C)-c4ccccc4Oc4ccccc4-c4c(-n5c6ccc(C(C)(C)C)cc6c6cc(C(C)(C)C)ccc65)ccc(c41)B3c1ccc(-n3c4ccc(C(C)(C)C)cc4c4cc(C(C)(C)C)ccc43)c3c1N2c1c(cccc1C(C)(C)C)-c1ccccc1Oc1ccccc1-3. The molecule has 562 valence electrons. The molecule has 0 aliphatic carbocycles. The van der Waals surface area contributed by atoms with E-state index in [2.05, 4.69) is 407 Å². The number of benzene rings is 13. The Bertz CT molecular complexity index is 6030. The van der Waals surface area contributed by atoms with E-state index in [1.807, 2.05) is 0 Å². The highest BCUT2D eigenvalue weighted by atomic mass is 16.5. The van der Waals surface area contributed by atoms with Crippen molar-refractivity contribution in [2.45, 2.75) is 183 Å². The summed E-state index contributed by atoms with van der Waals surface area (Å²) in [6, 6.07) is 93.9. The second kappa shape index (κ2) is 24.6. The van der Waals surface area contributed by atoms with Crippen LogP contribution < -0.4 is 35.7 Å². The summed E-state index contributed by atoms with van der Waals surface area (Å²) in [5.41, 5.74) is 32.8. The van der Waals surface area contributed by atoms with E-state index in [0.29, 0.717) is 0 Å². The molecule has 0 radical (unpaired) electrons. The van der Waals surface area contributed by atoms with E-state index < -0.39 is 0 Å². The summed E-state index contributed by atoms with van der Waals surface area (Å²) in [6.45, 7) is 49.3. The number of para-hydroxylation sites is 6. The molecule has 0 atom stereocenters. The number of fused-ring (bicyclic) bond motifs is 22. The summed E-state index contributed by atoms with van der Waals surface area (Å²) in [5.74, 6) is 3.15. The number of anilines is 6. The highest BCUT2D eigenvalue weighted by Gasteiger charge is 2.50. The molecule has 7 heteroatoms. The number of hydrogen-bond donors (Lipinski definition) is 0. The zero-order valence-electron chi connectivity index (χ0n) is 69.8. The van der Waals surface area contributed by atoms with Crippen molar-refractivity contribution in [3.05, 3.63) is 282 Å². The van der Waals surface area contributed by atoms with Crippen LogP contribution in [0.25, 0.3) is 99.5 Å². The molecule has 6 nitrogen and oxygen atoms in total. The van der Waals surface area contributed by atoms with Crippen LogP contribution in [0.1, 0.15) is 184 Å². The second-order valence-corrected chi connectivity index (χ2v) is 39.8. The summed E-state index contributed by atoms with van der Waals surface area (Å²) < 4.78 is 20.7. The smallest absolute Gasteiger partial charge is 0.252 e. The Morgan fingerprint density at radius 1 is 0.239 bits per heavy atom. The molecule has 6 heterocycles. The van der Waals surface area contributed by atoms with Crippen molar-refractivity contribution in [3.63, 3.8) is 0 Å². The predicted octanol–water partition coefficient (Wildman–Crippen LogP) is 27.9. The average Bonchev–Trinajstić information content (AvgIpc) is 1.60. The summed E-state index contributed by atoms with van der Waals surface area (Å²) in [6.07, 6.45) is 0. The standard InChI is InChI=1S/C106H103BN4O2/c1-100(2,3)62-44-50-81-73(56-62)74-57-63(101(4,5)6)45-51-82(74)108(81)85-54-48-79-98-93(85)71-34-24-28-42-91(71)112-89-40-26-22-32-67(89)69-36-30-38-77(105(16,17)18)96(69)110(98)87-60-66(104(13,14)15)61-88-95(87)107(79)80-49-55-86(109-83-52-46-64(102(7,8)9)58-75(83)76-59-65(103(10,11)12)47-53-84(76)109)94-72-35-25-29-43-92(72)113-90-41-27-23-33-68(90)70-37-31-39-78(106(19,20)21)97(70)111(88)99(80)94/h22-61H,1-21H3. The van der Waals surface area contributed by atoms with Gasteiger partial charge in [-0.3, -0.25) is 0 Å². The van der Waals surface area contributed by atoms with Crippen molar-refractivity contribution >= 4 is 101 Å². The first-order chi connectivity index (χ1) is 53.5. The topological polar surface area (TPSA) is 34.8 Å². The van der Waals surface area contributed by atoms with Gasteiger partial charge in [0.15, 0.2) is 0 Å². The molecule has 0 spiro atoms. The minimum absolute atomic E-state index is 0.104. The Morgan fingerprint density at radius 2 is 0.531 bits per heavy atom. The summed E-state index contributed by atoms with van der Waals surface area (Å²) >= 11 is 0. The van der Waals surface area contributed by atoms with E-state index in [0.717, 1.165) is 135 Å². The molecule has 4 aliphatic heterocycles. The van der Waals surface area contributed by atoms with E-state index in [4.69, 9.17) is 9.47 Å². The van der Waals surface area contributed by atoms with Gasteiger partial charge in [0.1, 0.15) is 23.0 Å². The lowest BCUT2D eigenvalue weighted by molar-refractivity contribution is 0.486. The molecule has 19 rings (SSSR count). The number of hydrogen-bond acceptors (Lipinski definition) is 4. The van der Waals surface area contributed by atoms with Gasteiger partial charge in [-0.1, -0.05) is 291 Å². The van der Waals surface area contributed by atoms with Gasteiger partial charge in [-0.2, -0.15) is 0 Å². The van der Waals surface area contributed by atoms with Crippen LogP contribution in [0, 0.1) is 0 Å². The number of ether oxygens (including phenoxy) is 2. The van der Waals surface area contributed by atoms with Crippen LogP contribution >= 0.6 is 0 Å². The van der Waals surface area contributed by atoms with Crippen LogP contribution in [0.4, 0.5) is 34.1 Å². The minimum atomic E-state index is -0.383. The van der Waals surface area contributed by atoms with Gasteiger partial charge in [-0.15, -0.1) is 0 Å². The summed E-state index contributed by atoms with van der Waals surface area (Å²) in [5, 5.41) is 4.93. The largest absolute Gasteiger partial charge is 0.456 e. The first-order valence-corrected chi connectivity index (χ1v) is 40.8. The molecule has 0 amide bonds. The predicted molar refractivity (Wildman–Crippen MR) is 482 cm³/mol.